The van der Waals surface area contributed by atoms with Crippen molar-refractivity contribution in [3.8, 4) is 44.5 Å². The van der Waals surface area contributed by atoms with Crippen LogP contribution in [0.5, 0.6) is 0 Å². The van der Waals surface area contributed by atoms with Crippen LogP contribution in [0.15, 0.2) is 285 Å². The largest absolute Gasteiger partial charge is 0.311 e. The summed E-state index contributed by atoms with van der Waals surface area (Å²) in [7, 11) is 0. The fraction of sp³-hybridized carbons (Fsp3) is 0.143. The number of hydrogen-bond acceptors (Lipinski definition) is 2. The van der Waals surface area contributed by atoms with Crippen LogP contribution in [0.2, 0.25) is 0 Å². The highest BCUT2D eigenvalue weighted by Gasteiger charge is 2.51. The van der Waals surface area contributed by atoms with Gasteiger partial charge in [-0.1, -0.05) is 310 Å². The summed E-state index contributed by atoms with van der Waals surface area (Å²) in [6.45, 7) is 18.9. The molecule has 3 heteroatoms. The van der Waals surface area contributed by atoms with E-state index in [4.69, 9.17) is 0 Å². The molecule has 0 saturated carbocycles. The third-order valence-corrected chi connectivity index (χ3v) is 19.3. The maximum Gasteiger partial charge on any atom is 0.252 e. The van der Waals surface area contributed by atoms with E-state index >= 15 is 0 Å². The van der Waals surface area contributed by atoms with Crippen LogP contribution in [0.4, 0.5) is 34.1 Å². The first kappa shape index (κ1) is 54.0. The number of hydrogen-bond donors (Lipinski definition) is 0. The lowest BCUT2D eigenvalue weighted by molar-refractivity contribution is 0.560. The molecule has 0 aromatic heterocycles. The fourth-order valence-electron chi connectivity index (χ4n) is 15.2. The lowest BCUT2D eigenvalue weighted by Crippen LogP contribution is -2.61. The van der Waals surface area contributed by atoms with Gasteiger partial charge in [-0.05, 0) is 130 Å². The zero-order valence-corrected chi connectivity index (χ0v) is 51.1. The molecule has 15 rings (SSSR count). The minimum atomic E-state index is -0.592. The topological polar surface area (TPSA) is 6.48 Å². The number of para-hydroxylation sites is 2. The molecular formula is C84H71BN2. The smallest absolute Gasteiger partial charge is 0.252 e. The van der Waals surface area contributed by atoms with Crippen molar-refractivity contribution in [3.05, 3.63) is 330 Å². The second-order valence-corrected chi connectivity index (χ2v) is 26.8. The van der Waals surface area contributed by atoms with Crippen LogP contribution in [-0.4, -0.2) is 6.71 Å². The first-order chi connectivity index (χ1) is 42.2. The molecule has 0 atom stereocenters. The van der Waals surface area contributed by atoms with E-state index in [0.717, 1.165) is 11.4 Å². The van der Waals surface area contributed by atoms with Gasteiger partial charge in [-0.3, -0.25) is 0 Å². The Morgan fingerprint density at radius 2 is 0.770 bits per heavy atom. The van der Waals surface area contributed by atoms with E-state index in [1.807, 2.05) is 0 Å². The predicted molar refractivity (Wildman–Crippen MR) is 370 cm³/mol. The van der Waals surface area contributed by atoms with Crippen LogP contribution in [0.1, 0.15) is 99.9 Å². The Morgan fingerprint density at radius 1 is 0.310 bits per heavy atom. The number of anilines is 6. The van der Waals surface area contributed by atoms with Crippen LogP contribution in [-0.2, 0) is 21.7 Å². The van der Waals surface area contributed by atoms with E-state index in [9.17, 15) is 0 Å². The van der Waals surface area contributed by atoms with Crippen LogP contribution in [0.25, 0.3) is 44.5 Å². The van der Waals surface area contributed by atoms with E-state index in [2.05, 4.69) is 350 Å². The second kappa shape index (κ2) is 20.5. The molecule has 2 aliphatic heterocycles. The highest BCUT2D eigenvalue weighted by molar-refractivity contribution is 7.00. The van der Waals surface area contributed by atoms with Gasteiger partial charge in [0, 0.05) is 44.9 Å². The van der Waals surface area contributed by atoms with Gasteiger partial charge in [0.15, 0.2) is 0 Å². The van der Waals surface area contributed by atoms with Crippen molar-refractivity contribution >= 4 is 57.2 Å². The molecule has 87 heavy (non-hydrogen) atoms. The van der Waals surface area contributed by atoms with E-state index in [0.29, 0.717) is 0 Å². The number of rotatable bonds is 8. The van der Waals surface area contributed by atoms with Gasteiger partial charge < -0.3 is 9.80 Å². The summed E-state index contributed by atoms with van der Waals surface area (Å²) in [4.78, 5) is 5.33. The zero-order chi connectivity index (χ0) is 59.4. The van der Waals surface area contributed by atoms with Gasteiger partial charge in [-0.15, -0.1) is 0 Å². The summed E-state index contributed by atoms with van der Waals surface area (Å²) in [5.74, 6) is 0. The van der Waals surface area contributed by atoms with Crippen molar-refractivity contribution in [2.75, 3.05) is 9.80 Å². The van der Waals surface area contributed by atoms with Gasteiger partial charge in [-0.2, -0.15) is 0 Å². The fourth-order valence-corrected chi connectivity index (χ4v) is 15.2. The molecule has 12 aromatic rings. The summed E-state index contributed by atoms with van der Waals surface area (Å²) in [5.41, 5.74) is 29.6. The summed E-state index contributed by atoms with van der Waals surface area (Å²) < 4.78 is 0. The lowest BCUT2D eigenvalue weighted by Gasteiger charge is -2.49. The van der Waals surface area contributed by atoms with E-state index in [1.165, 1.54) is 128 Å². The molecule has 0 bridgehead atoms. The number of fused-ring (bicyclic) bond motifs is 6. The molecule has 0 unspecified atom stereocenters. The van der Waals surface area contributed by atoms with Crippen LogP contribution >= 0.6 is 0 Å². The predicted octanol–water partition coefficient (Wildman–Crippen LogP) is 20.1. The van der Waals surface area contributed by atoms with E-state index in [1.54, 1.807) is 0 Å². The molecule has 2 heterocycles. The van der Waals surface area contributed by atoms with Crippen molar-refractivity contribution in [2.24, 2.45) is 0 Å². The van der Waals surface area contributed by atoms with Crippen molar-refractivity contribution < 1.29 is 0 Å². The zero-order valence-electron chi connectivity index (χ0n) is 51.1. The van der Waals surface area contributed by atoms with Crippen molar-refractivity contribution in [1.29, 1.82) is 0 Å². The standard InChI is InChI=1S/C84H71BN2/c1-81(2,3)62-49-50-71-75(53-62)86(73-47-27-24-40-64(73)56-30-14-9-15-31-56)76-54-63(82(4,5)6)55-77-79(76)85(71)72-52-59(48-51-74(72)87(77)80-66(57-32-16-10-17-33-57)42-28-43-67(80)58-34-18-11-19-35-58)65-41-29-46-70-78(65)83(7,8)68-44-25-26-45-69(68)84(70,60-36-20-12-21-37-60)61-38-22-13-23-39-61/h9-55H,1-8H3. The maximum absolute atomic E-state index is 2.68. The Kier molecular flexibility index (Phi) is 12.7. The molecule has 0 amide bonds. The SMILES string of the molecule is CC(C)(C)c1ccc2c(c1)N(c1ccccc1-c1ccccc1)c1cc(C(C)(C)C)cc3c1B2c1cc(-c2cccc4c2C(C)(C)c2ccccc2C4(c2ccccc2)c2ccccc2)ccc1N3c1c(-c2ccccc2)cccc1-c1ccccc1. The molecule has 0 spiro atoms. The summed E-state index contributed by atoms with van der Waals surface area (Å²) >= 11 is 0. The summed E-state index contributed by atoms with van der Waals surface area (Å²) in [6.07, 6.45) is 0. The monoisotopic (exact) mass is 1120 g/mol. The van der Waals surface area contributed by atoms with E-state index < -0.39 is 5.41 Å². The number of benzene rings is 12. The van der Waals surface area contributed by atoms with Crippen molar-refractivity contribution in [2.45, 2.75) is 77.0 Å². The minimum Gasteiger partial charge on any atom is -0.311 e. The lowest BCUT2D eigenvalue weighted by atomic mass is 9.33. The van der Waals surface area contributed by atoms with E-state index in [-0.39, 0.29) is 23.0 Å². The highest BCUT2D eigenvalue weighted by atomic mass is 15.2. The molecule has 1 aliphatic carbocycles. The molecular weight excluding hydrogens is 1050 g/mol. The number of nitrogens with zero attached hydrogens (tertiary/aromatic N) is 2. The minimum absolute atomic E-state index is 0.117. The normalized spacial score (nSPS) is 14.3. The van der Waals surface area contributed by atoms with Gasteiger partial charge in [0.2, 0.25) is 0 Å². The van der Waals surface area contributed by atoms with Gasteiger partial charge in [-0.25, -0.2) is 0 Å². The summed E-state index contributed by atoms with van der Waals surface area (Å²) in [6, 6.07) is 108. The Hall–Kier alpha value is -9.70. The van der Waals surface area contributed by atoms with Crippen LogP contribution in [0.3, 0.4) is 0 Å². The van der Waals surface area contributed by atoms with Crippen molar-refractivity contribution in [3.63, 3.8) is 0 Å². The first-order valence-corrected chi connectivity index (χ1v) is 31.0. The molecule has 12 aromatic carbocycles. The van der Waals surface area contributed by atoms with Crippen molar-refractivity contribution in [1.82, 2.24) is 0 Å². The average molecular weight is 1120 g/mol. The third kappa shape index (κ3) is 8.52. The maximum atomic E-state index is 2.68. The summed E-state index contributed by atoms with van der Waals surface area (Å²) in [5, 5.41) is 0. The quantitative estimate of drug-likeness (QED) is 0.140. The molecule has 3 aliphatic rings. The van der Waals surface area contributed by atoms with Crippen LogP contribution in [0, 0.1) is 0 Å². The second-order valence-electron chi connectivity index (χ2n) is 26.8. The Bertz CT molecular complexity index is 4510. The van der Waals surface area contributed by atoms with Gasteiger partial charge in [0.25, 0.3) is 6.71 Å². The highest BCUT2D eigenvalue weighted by Crippen LogP contribution is 2.59. The third-order valence-electron chi connectivity index (χ3n) is 19.3. The molecule has 0 radical (unpaired) electrons. The van der Waals surface area contributed by atoms with Gasteiger partial charge in [0.05, 0.1) is 16.8 Å². The molecule has 0 N–H and O–H groups in total. The molecule has 420 valence electrons. The Morgan fingerprint density at radius 3 is 1.36 bits per heavy atom. The van der Waals surface area contributed by atoms with Gasteiger partial charge >= 0.3 is 0 Å². The Labute approximate surface area is 515 Å². The van der Waals surface area contributed by atoms with Crippen LogP contribution < -0.4 is 26.2 Å². The van der Waals surface area contributed by atoms with Gasteiger partial charge in [0.1, 0.15) is 0 Å². The molecule has 0 fully saturated rings. The Balaban J connectivity index is 1.09. The average Bonchev–Trinajstić information content (AvgIpc) is 0.708. The molecule has 0 saturated heterocycles. The first-order valence-electron chi connectivity index (χ1n) is 31.0. The molecule has 2 nitrogen and oxygen atoms in total.